The molecule has 23 heavy (non-hydrogen) atoms. The first kappa shape index (κ1) is 17.4. The molecule has 126 valence electrons. The van der Waals surface area contributed by atoms with Crippen LogP contribution in [0.2, 0.25) is 0 Å². The summed E-state index contributed by atoms with van der Waals surface area (Å²) in [5.74, 6) is -1.48. The van der Waals surface area contributed by atoms with Gasteiger partial charge in [0.1, 0.15) is 0 Å². The fourth-order valence-electron chi connectivity index (χ4n) is 2.40. The summed E-state index contributed by atoms with van der Waals surface area (Å²) in [6, 6.07) is 5.19. The van der Waals surface area contributed by atoms with E-state index in [0.29, 0.717) is 12.2 Å². The third-order valence-electron chi connectivity index (χ3n) is 3.73. The molecule has 7 nitrogen and oxygen atoms in total. The van der Waals surface area contributed by atoms with E-state index in [4.69, 9.17) is 9.84 Å². The van der Waals surface area contributed by atoms with Gasteiger partial charge in [-0.05, 0) is 17.7 Å². The molecule has 8 heteroatoms. The van der Waals surface area contributed by atoms with Gasteiger partial charge in [0.05, 0.1) is 30.3 Å². The summed E-state index contributed by atoms with van der Waals surface area (Å²) in [6.45, 7) is 2.02. The maximum Gasteiger partial charge on any atom is 0.328 e. The second-order valence-corrected chi connectivity index (χ2v) is 7.52. The number of aliphatic carboxylic acids is 1. The SMILES string of the molecule is CCS(=O)(=O)c1cccc(CC(=O)N2CCOCC2C(=O)O)c1. The van der Waals surface area contributed by atoms with Crippen molar-refractivity contribution in [1.29, 1.82) is 0 Å². The second kappa shape index (κ2) is 7.10. The Morgan fingerprint density at radius 1 is 1.39 bits per heavy atom. The van der Waals surface area contributed by atoms with Crippen LogP contribution in [0.4, 0.5) is 0 Å². The van der Waals surface area contributed by atoms with Crippen LogP contribution < -0.4 is 0 Å². The van der Waals surface area contributed by atoms with E-state index in [0.717, 1.165) is 0 Å². The largest absolute Gasteiger partial charge is 0.480 e. The average molecular weight is 341 g/mol. The zero-order valence-electron chi connectivity index (χ0n) is 12.8. The number of rotatable bonds is 5. The Bertz CT molecular complexity index is 700. The van der Waals surface area contributed by atoms with Crippen molar-refractivity contribution in [2.45, 2.75) is 24.3 Å². The molecule has 0 aromatic heterocycles. The van der Waals surface area contributed by atoms with Crippen LogP contribution in [-0.4, -0.2) is 61.9 Å². The predicted molar refractivity (Wildman–Crippen MR) is 81.8 cm³/mol. The summed E-state index contributed by atoms with van der Waals surface area (Å²) in [6.07, 6.45) is -0.0448. The van der Waals surface area contributed by atoms with E-state index in [1.807, 2.05) is 0 Å². The van der Waals surface area contributed by atoms with Gasteiger partial charge in [0.15, 0.2) is 15.9 Å². The summed E-state index contributed by atoms with van der Waals surface area (Å²) in [4.78, 5) is 25.0. The lowest BCUT2D eigenvalue weighted by Gasteiger charge is -2.33. The van der Waals surface area contributed by atoms with E-state index in [2.05, 4.69) is 0 Å². The Balaban J connectivity index is 2.17. The average Bonchev–Trinajstić information content (AvgIpc) is 2.55. The first-order valence-corrected chi connectivity index (χ1v) is 8.92. The highest BCUT2D eigenvalue weighted by atomic mass is 32.2. The van der Waals surface area contributed by atoms with Crippen LogP contribution in [0.3, 0.4) is 0 Å². The van der Waals surface area contributed by atoms with Crippen molar-refractivity contribution < 1.29 is 27.9 Å². The molecule has 1 saturated heterocycles. The maximum absolute atomic E-state index is 12.4. The Morgan fingerprint density at radius 3 is 2.78 bits per heavy atom. The molecule has 1 fully saturated rings. The van der Waals surface area contributed by atoms with E-state index in [1.165, 1.54) is 17.0 Å². The van der Waals surface area contributed by atoms with Crippen LogP contribution in [0, 0.1) is 0 Å². The van der Waals surface area contributed by atoms with Gasteiger partial charge in [0, 0.05) is 6.54 Å². The number of amides is 1. The van der Waals surface area contributed by atoms with Crippen LogP contribution >= 0.6 is 0 Å². The zero-order valence-corrected chi connectivity index (χ0v) is 13.6. The van der Waals surface area contributed by atoms with E-state index >= 15 is 0 Å². The third kappa shape index (κ3) is 4.08. The van der Waals surface area contributed by atoms with Gasteiger partial charge in [0.25, 0.3) is 0 Å². The van der Waals surface area contributed by atoms with Crippen molar-refractivity contribution in [3.63, 3.8) is 0 Å². The van der Waals surface area contributed by atoms with E-state index in [9.17, 15) is 18.0 Å². The molecule has 0 radical (unpaired) electrons. The number of nitrogens with zero attached hydrogens (tertiary/aromatic N) is 1. The molecule has 1 aliphatic heterocycles. The fourth-order valence-corrected chi connectivity index (χ4v) is 3.35. The number of carbonyl (C=O) groups is 2. The third-order valence-corrected chi connectivity index (χ3v) is 5.46. The summed E-state index contributed by atoms with van der Waals surface area (Å²) in [5, 5.41) is 9.15. The molecule has 1 N–H and O–H groups in total. The number of sulfone groups is 1. The maximum atomic E-state index is 12.4. The number of carbonyl (C=O) groups excluding carboxylic acids is 1. The number of carboxylic acid groups (broad SMARTS) is 1. The van der Waals surface area contributed by atoms with Crippen molar-refractivity contribution >= 4 is 21.7 Å². The van der Waals surface area contributed by atoms with E-state index < -0.39 is 21.8 Å². The highest BCUT2D eigenvalue weighted by Crippen LogP contribution is 2.16. The molecule has 1 heterocycles. The normalized spacial score (nSPS) is 18.7. The lowest BCUT2D eigenvalue weighted by Crippen LogP contribution is -2.53. The molecular formula is C15H19NO6S. The minimum Gasteiger partial charge on any atom is -0.480 e. The quantitative estimate of drug-likeness (QED) is 0.828. The fraction of sp³-hybridized carbons (Fsp3) is 0.467. The van der Waals surface area contributed by atoms with Crippen molar-refractivity contribution in [2.75, 3.05) is 25.5 Å². The monoisotopic (exact) mass is 341 g/mol. The van der Waals surface area contributed by atoms with Crippen LogP contribution in [-0.2, 0) is 30.6 Å². The van der Waals surface area contributed by atoms with Crippen molar-refractivity contribution in [1.82, 2.24) is 4.90 Å². The number of morpholine rings is 1. The topological polar surface area (TPSA) is 101 Å². The molecule has 1 aromatic rings. The molecule has 1 aromatic carbocycles. The molecule has 1 aliphatic rings. The predicted octanol–water partition coefficient (Wildman–Crippen LogP) is 0.335. The second-order valence-electron chi connectivity index (χ2n) is 5.24. The number of carboxylic acids is 1. The van der Waals surface area contributed by atoms with Gasteiger partial charge in [-0.3, -0.25) is 4.79 Å². The van der Waals surface area contributed by atoms with Gasteiger partial charge in [-0.25, -0.2) is 13.2 Å². The lowest BCUT2D eigenvalue weighted by atomic mass is 10.1. The van der Waals surface area contributed by atoms with Gasteiger partial charge in [0.2, 0.25) is 5.91 Å². The molecule has 1 amide bonds. The van der Waals surface area contributed by atoms with Crippen LogP contribution in [0.5, 0.6) is 0 Å². The number of benzene rings is 1. The standard InChI is InChI=1S/C15H19NO6S/c1-2-23(20,21)12-5-3-4-11(8-12)9-14(17)16-6-7-22-10-13(16)15(18)19/h3-5,8,13H,2,6-7,9-10H2,1H3,(H,18,19). The van der Waals surface area contributed by atoms with E-state index in [1.54, 1.807) is 19.1 Å². The van der Waals surface area contributed by atoms with Gasteiger partial charge in [-0.15, -0.1) is 0 Å². The van der Waals surface area contributed by atoms with E-state index in [-0.39, 0.29) is 36.1 Å². The summed E-state index contributed by atoms with van der Waals surface area (Å²) in [7, 11) is -3.34. The first-order chi connectivity index (χ1) is 10.8. The minimum absolute atomic E-state index is 0.0189. The highest BCUT2D eigenvalue weighted by Gasteiger charge is 2.32. The molecule has 2 rings (SSSR count). The smallest absolute Gasteiger partial charge is 0.328 e. The molecule has 0 bridgehead atoms. The highest BCUT2D eigenvalue weighted by molar-refractivity contribution is 7.91. The Hall–Kier alpha value is -1.93. The summed E-state index contributed by atoms with van der Waals surface area (Å²) in [5.41, 5.74) is 0.542. The van der Waals surface area contributed by atoms with Crippen molar-refractivity contribution in [3.05, 3.63) is 29.8 Å². The molecule has 0 spiro atoms. The molecule has 1 unspecified atom stereocenters. The zero-order chi connectivity index (χ0) is 17.0. The number of ether oxygens (including phenoxy) is 1. The van der Waals surface area contributed by atoms with Gasteiger partial charge < -0.3 is 14.7 Å². The van der Waals surface area contributed by atoms with Gasteiger partial charge >= 0.3 is 5.97 Å². The summed E-state index contributed by atoms with van der Waals surface area (Å²) >= 11 is 0. The molecule has 1 atom stereocenters. The molecule has 0 saturated carbocycles. The minimum atomic E-state index is -3.34. The summed E-state index contributed by atoms with van der Waals surface area (Å²) < 4.78 is 28.9. The van der Waals surface area contributed by atoms with Crippen LogP contribution in [0.1, 0.15) is 12.5 Å². The van der Waals surface area contributed by atoms with Crippen molar-refractivity contribution in [3.8, 4) is 0 Å². The number of hydrogen-bond acceptors (Lipinski definition) is 5. The van der Waals surface area contributed by atoms with Crippen LogP contribution in [0.15, 0.2) is 29.2 Å². The van der Waals surface area contributed by atoms with Crippen molar-refractivity contribution in [2.24, 2.45) is 0 Å². The Kier molecular flexibility index (Phi) is 5.38. The van der Waals surface area contributed by atoms with Gasteiger partial charge in [-0.2, -0.15) is 0 Å². The Labute approximate surface area is 134 Å². The Morgan fingerprint density at radius 2 is 2.13 bits per heavy atom. The number of hydrogen-bond donors (Lipinski definition) is 1. The lowest BCUT2D eigenvalue weighted by molar-refractivity contribution is -0.158. The molecular weight excluding hydrogens is 322 g/mol. The van der Waals surface area contributed by atoms with Gasteiger partial charge in [-0.1, -0.05) is 19.1 Å². The van der Waals surface area contributed by atoms with Crippen LogP contribution in [0.25, 0.3) is 0 Å². The molecule has 0 aliphatic carbocycles. The first-order valence-electron chi connectivity index (χ1n) is 7.27.